The van der Waals surface area contributed by atoms with Gasteiger partial charge in [-0.2, -0.15) is 5.10 Å². The predicted molar refractivity (Wildman–Crippen MR) is 75.0 cm³/mol. The number of nitrogens with zero attached hydrogens (tertiary/aromatic N) is 2. The first-order chi connectivity index (χ1) is 9.63. The van der Waals surface area contributed by atoms with Gasteiger partial charge in [-0.05, 0) is 23.8 Å². The van der Waals surface area contributed by atoms with E-state index in [1.807, 2.05) is 19.3 Å². The second-order valence-corrected chi connectivity index (χ2v) is 4.43. The van der Waals surface area contributed by atoms with Gasteiger partial charge in [-0.25, -0.2) is 0 Å². The van der Waals surface area contributed by atoms with Gasteiger partial charge in [-0.15, -0.1) is 0 Å². The molecular weight excluding hydrogens is 258 g/mol. The van der Waals surface area contributed by atoms with Gasteiger partial charge in [0.25, 0.3) is 0 Å². The molecule has 0 atom stereocenters. The quantitative estimate of drug-likeness (QED) is 0.836. The standard InChI is InChI=1S/C14H19N3O3/c1-17-5-4-11(16-17)9-15-8-10-6-12(19-2)14(18)13(7-10)20-3/h4-7,15,18H,8-9H2,1-3H3. The number of nitrogens with one attached hydrogen (secondary N) is 1. The van der Waals surface area contributed by atoms with Gasteiger partial charge >= 0.3 is 0 Å². The summed E-state index contributed by atoms with van der Waals surface area (Å²) in [5, 5.41) is 17.4. The summed E-state index contributed by atoms with van der Waals surface area (Å²) in [6.07, 6.45) is 1.91. The van der Waals surface area contributed by atoms with Crippen LogP contribution in [0.4, 0.5) is 0 Å². The smallest absolute Gasteiger partial charge is 0.200 e. The highest BCUT2D eigenvalue weighted by Crippen LogP contribution is 2.36. The second kappa shape index (κ2) is 6.29. The molecule has 6 nitrogen and oxygen atoms in total. The monoisotopic (exact) mass is 277 g/mol. The Labute approximate surface area is 117 Å². The molecule has 0 radical (unpaired) electrons. The maximum absolute atomic E-state index is 9.84. The van der Waals surface area contributed by atoms with Gasteiger partial charge in [0.1, 0.15) is 0 Å². The lowest BCUT2D eigenvalue weighted by Gasteiger charge is -2.11. The molecule has 0 bridgehead atoms. The van der Waals surface area contributed by atoms with Gasteiger partial charge in [-0.1, -0.05) is 0 Å². The Hall–Kier alpha value is -2.21. The molecule has 6 heteroatoms. The predicted octanol–water partition coefficient (Wildman–Crippen LogP) is 1.43. The van der Waals surface area contributed by atoms with Crippen molar-refractivity contribution < 1.29 is 14.6 Å². The van der Waals surface area contributed by atoms with E-state index in [-0.39, 0.29) is 5.75 Å². The van der Waals surface area contributed by atoms with Crippen LogP contribution in [0.3, 0.4) is 0 Å². The summed E-state index contributed by atoms with van der Waals surface area (Å²) in [6, 6.07) is 5.53. The second-order valence-electron chi connectivity index (χ2n) is 4.43. The van der Waals surface area contributed by atoms with Crippen LogP contribution >= 0.6 is 0 Å². The summed E-state index contributed by atoms with van der Waals surface area (Å²) in [7, 11) is 4.92. The van der Waals surface area contributed by atoms with Crippen molar-refractivity contribution in [3.63, 3.8) is 0 Å². The minimum atomic E-state index is 0.0171. The average Bonchev–Trinajstić information content (AvgIpc) is 2.86. The van der Waals surface area contributed by atoms with E-state index in [0.717, 1.165) is 11.3 Å². The van der Waals surface area contributed by atoms with Crippen molar-refractivity contribution in [3.05, 3.63) is 35.7 Å². The number of phenols is 1. The highest BCUT2D eigenvalue weighted by molar-refractivity contribution is 5.52. The molecule has 0 aliphatic heterocycles. The molecule has 0 amide bonds. The summed E-state index contributed by atoms with van der Waals surface area (Å²) >= 11 is 0. The van der Waals surface area contributed by atoms with E-state index < -0.39 is 0 Å². The van der Waals surface area contributed by atoms with Gasteiger partial charge in [0, 0.05) is 26.3 Å². The maximum atomic E-state index is 9.84. The minimum absolute atomic E-state index is 0.0171. The lowest BCUT2D eigenvalue weighted by atomic mass is 10.2. The summed E-state index contributed by atoms with van der Waals surface area (Å²) in [4.78, 5) is 0. The van der Waals surface area contributed by atoms with Crippen molar-refractivity contribution in [2.75, 3.05) is 14.2 Å². The van der Waals surface area contributed by atoms with Crippen LogP contribution in [-0.4, -0.2) is 29.1 Å². The number of benzene rings is 1. The van der Waals surface area contributed by atoms with Crippen LogP contribution in [0.15, 0.2) is 24.4 Å². The van der Waals surface area contributed by atoms with E-state index in [0.29, 0.717) is 24.6 Å². The maximum Gasteiger partial charge on any atom is 0.200 e. The van der Waals surface area contributed by atoms with Gasteiger partial charge in [0.15, 0.2) is 11.5 Å². The first-order valence-electron chi connectivity index (χ1n) is 6.27. The molecule has 0 aliphatic rings. The number of aromatic nitrogens is 2. The molecule has 0 unspecified atom stereocenters. The van der Waals surface area contributed by atoms with E-state index in [9.17, 15) is 5.11 Å². The Morgan fingerprint density at radius 2 is 1.85 bits per heavy atom. The Balaban J connectivity index is 2.02. The van der Waals surface area contributed by atoms with E-state index >= 15 is 0 Å². The Morgan fingerprint density at radius 3 is 2.35 bits per heavy atom. The van der Waals surface area contributed by atoms with Crippen molar-refractivity contribution in [3.8, 4) is 17.2 Å². The normalized spacial score (nSPS) is 10.6. The van der Waals surface area contributed by atoms with Gasteiger partial charge < -0.3 is 19.9 Å². The number of aromatic hydroxyl groups is 1. The highest BCUT2D eigenvalue weighted by atomic mass is 16.5. The highest BCUT2D eigenvalue weighted by Gasteiger charge is 2.10. The van der Waals surface area contributed by atoms with Crippen molar-refractivity contribution in [1.82, 2.24) is 15.1 Å². The third-order valence-electron chi connectivity index (χ3n) is 2.94. The lowest BCUT2D eigenvalue weighted by molar-refractivity contribution is 0.339. The average molecular weight is 277 g/mol. The van der Waals surface area contributed by atoms with E-state index in [1.54, 1.807) is 16.8 Å². The zero-order valence-corrected chi connectivity index (χ0v) is 11.9. The van der Waals surface area contributed by atoms with Gasteiger partial charge in [0.2, 0.25) is 5.75 Å². The van der Waals surface area contributed by atoms with Gasteiger partial charge in [-0.3, -0.25) is 4.68 Å². The molecule has 0 aliphatic carbocycles. The number of rotatable bonds is 6. The van der Waals surface area contributed by atoms with E-state index in [4.69, 9.17) is 9.47 Å². The van der Waals surface area contributed by atoms with Crippen molar-refractivity contribution in [2.45, 2.75) is 13.1 Å². The zero-order valence-electron chi connectivity index (χ0n) is 11.9. The molecule has 2 aromatic rings. The molecule has 0 spiro atoms. The largest absolute Gasteiger partial charge is 0.502 e. The van der Waals surface area contributed by atoms with Crippen LogP contribution in [0.1, 0.15) is 11.3 Å². The van der Waals surface area contributed by atoms with E-state index in [1.165, 1.54) is 14.2 Å². The fraction of sp³-hybridized carbons (Fsp3) is 0.357. The molecule has 0 saturated carbocycles. The molecule has 0 fully saturated rings. The molecule has 108 valence electrons. The molecule has 0 saturated heterocycles. The molecular formula is C14H19N3O3. The first kappa shape index (κ1) is 14.2. The molecule has 2 rings (SSSR count). The van der Waals surface area contributed by atoms with E-state index in [2.05, 4.69) is 10.4 Å². The van der Waals surface area contributed by atoms with Crippen LogP contribution in [-0.2, 0) is 20.1 Å². The lowest BCUT2D eigenvalue weighted by Crippen LogP contribution is -2.13. The SMILES string of the molecule is COc1cc(CNCc2ccn(C)n2)cc(OC)c1O. The van der Waals surface area contributed by atoms with Crippen molar-refractivity contribution in [2.24, 2.45) is 7.05 Å². The zero-order chi connectivity index (χ0) is 14.5. The number of hydrogen-bond donors (Lipinski definition) is 2. The van der Waals surface area contributed by atoms with Crippen LogP contribution in [0.25, 0.3) is 0 Å². The summed E-state index contributed by atoms with van der Waals surface area (Å²) < 4.78 is 12.0. The number of ether oxygens (including phenoxy) is 2. The van der Waals surface area contributed by atoms with Crippen LogP contribution in [0.2, 0.25) is 0 Å². The minimum Gasteiger partial charge on any atom is -0.502 e. The molecule has 1 aromatic carbocycles. The van der Waals surface area contributed by atoms with Crippen LogP contribution in [0, 0.1) is 0 Å². The van der Waals surface area contributed by atoms with Crippen molar-refractivity contribution >= 4 is 0 Å². The third kappa shape index (κ3) is 3.21. The fourth-order valence-electron chi connectivity index (χ4n) is 1.94. The molecule has 1 aromatic heterocycles. The molecule has 2 N–H and O–H groups in total. The molecule has 20 heavy (non-hydrogen) atoms. The Kier molecular flexibility index (Phi) is 4.47. The Morgan fingerprint density at radius 1 is 1.20 bits per heavy atom. The number of aryl methyl sites for hydroxylation is 1. The third-order valence-corrected chi connectivity index (χ3v) is 2.94. The van der Waals surface area contributed by atoms with Gasteiger partial charge in [0.05, 0.1) is 19.9 Å². The summed E-state index contributed by atoms with van der Waals surface area (Å²) in [5.74, 6) is 0.821. The van der Waals surface area contributed by atoms with Crippen LogP contribution < -0.4 is 14.8 Å². The summed E-state index contributed by atoms with van der Waals surface area (Å²) in [6.45, 7) is 1.30. The number of hydrogen-bond acceptors (Lipinski definition) is 5. The fourth-order valence-corrected chi connectivity index (χ4v) is 1.94. The number of phenolic OH excluding ortho intramolecular Hbond substituents is 1. The summed E-state index contributed by atoms with van der Waals surface area (Å²) in [5.41, 5.74) is 1.94. The first-order valence-corrected chi connectivity index (χ1v) is 6.27. The number of methoxy groups -OCH3 is 2. The topological polar surface area (TPSA) is 68.5 Å². The van der Waals surface area contributed by atoms with Crippen molar-refractivity contribution in [1.29, 1.82) is 0 Å². The Bertz CT molecular complexity index is 556. The van der Waals surface area contributed by atoms with Crippen LogP contribution in [0.5, 0.6) is 17.2 Å². The molecule has 1 heterocycles.